The number of anilines is 2. The molecule has 1 saturated heterocycles. The number of carbonyl (C=O) groups excluding carboxylic acids is 1. The normalized spacial score (nSPS) is 14.5. The summed E-state index contributed by atoms with van der Waals surface area (Å²) in [5, 5.41) is 4.12. The Morgan fingerprint density at radius 1 is 0.939 bits per heavy atom. The molecule has 0 bridgehead atoms. The van der Waals surface area contributed by atoms with Crippen molar-refractivity contribution in [3.63, 3.8) is 0 Å². The van der Waals surface area contributed by atoms with E-state index in [9.17, 15) is 9.18 Å². The lowest BCUT2D eigenvalue weighted by Crippen LogP contribution is -2.47. The van der Waals surface area contributed by atoms with Gasteiger partial charge in [0.15, 0.2) is 0 Å². The van der Waals surface area contributed by atoms with Crippen molar-refractivity contribution in [1.82, 2.24) is 9.27 Å². The molecule has 1 fully saturated rings. The highest BCUT2D eigenvalue weighted by molar-refractivity contribution is 7.13. The first-order valence-corrected chi connectivity index (χ1v) is 11.9. The SMILES string of the molecule is O=C(Nc1ccccc1CCN1CCN(c2nsc3ccccc23)CC1)c1ccccc1F. The van der Waals surface area contributed by atoms with E-state index in [4.69, 9.17) is 4.37 Å². The molecule has 0 aliphatic carbocycles. The molecule has 33 heavy (non-hydrogen) atoms. The molecular weight excluding hydrogens is 435 g/mol. The van der Waals surface area contributed by atoms with Crippen LogP contribution in [0.15, 0.2) is 72.8 Å². The lowest BCUT2D eigenvalue weighted by Gasteiger charge is -2.35. The average molecular weight is 461 g/mol. The number of aromatic nitrogens is 1. The summed E-state index contributed by atoms with van der Waals surface area (Å²) in [5.74, 6) is 0.152. The molecule has 0 saturated carbocycles. The zero-order valence-electron chi connectivity index (χ0n) is 18.2. The van der Waals surface area contributed by atoms with Crippen LogP contribution in [-0.2, 0) is 6.42 Å². The monoisotopic (exact) mass is 460 g/mol. The molecule has 7 heteroatoms. The van der Waals surface area contributed by atoms with Crippen molar-refractivity contribution in [3.8, 4) is 0 Å². The van der Waals surface area contributed by atoms with Crippen LogP contribution in [-0.4, -0.2) is 47.9 Å². The number of carbonyl (C=O) groups is 1. The Morgan fingerprint density at radius 3 is 2.52 bits per heavy atom. The van der Waals surface area contributed by atoms with Crippen LogP contribution in [0.4, 0.5) is 15.9 Å². The number of piperazine rings is 1. The fourth-order valence-corrected chi connectivity index (χ4v) is 5.05. The van der Waals surface area contributed by atoms with Crippen LogP contribution in [0.3, 0.4) is 0 Å². The minimum atomic E-state index is -0.516. The molecule has 0 atom stereocenters. The highest BCUT2D eigenvalue weighted by Crippen LogP contribution is 2.30. The van der Waals surface area contributed by atoms with Crippen LogP contribution in [0.5, 0.6) is 0 Å². The summed E-state index contributed by atoms with van der Waals surface area (Å²) in [6.45, 7) is 4.72. The van der Waals surface area contributed by atoms with E-state index in [2.05, 4.69) is 39.4 Å². The first-order chi connectivity index (χ1) is 16.2. The largest absolute Gasteiger partial charge is 0.353 e. The number of halogens is 1. The van der Waals surface area contributed by atoms with Crippen LogP contribution < -0.4 is 10.2 Å². The van der Waals surface area contributed by atoms with Gasteiger partial charge in [0.05, 0.1) is 10.3 Å². The predicted molar refractivity (Wildman–Crippen MR) is 133 cm³/mol. The zero-order valence-corrected chi connectivity index (χ0v) is 19.0. The van der Waals surface area contributed by atoms with Gasteiger partial charge in [0.25, 0.3) is 5.91 Å². The summed E-state index contributed by atoms with van der Waals surface area (Å²) in [4.78, 5) is 17.4. The van der Waals surface area contributed by atoms with E-state index in [0.29, 0.717) is 0 Å². The molecule has 0 spiro atoms. The van der Waals surface area contributed by atoms with Gasteiger partial charge in [-0.3, -0.25) is 9.69 Å². The lowest BCUT2D eigenvalue weighted by molar-refractivity contribution is 0.102. The Morgan fingerprint density at radius 2 is 1.67 bits per heavy atom. The first kappa shape index (κ1) is 21.6. The van der Waals surface area contributed by atoms with Gasteiger partial charge in [-0.25, -0.2) is 4.39 Å². The molecule has 1 aliphatic rings. The smallest absolute Gasteiger partial charge is 0.258 e. The van der Waals surface area contributed by atoms with Gasteiger partial charge in [0.1, 0.15) is 11.6 Å². The number of benzene rings is 3. The number of hydrogen-bond acceptors (Lipinski definition) is 5. The number of rotatable bonds is 6. The van der Waals surface area contributed by atoms with E-state index in [1.54, 1.807) is 23.7 Å². The number of amides is 1. The van der Waals surface area contributed by atoms with Gasteiger partial charge in [0.2, 0.25) is 0 Å². The second kappa shape index (κ2) is 9.68. The molecule has 0 radical (unpaired) electrons. The molecule has 4 aromatic rings. The summed E-state index contributed by atoms with van der Waals surface area (Å²) in [6.07, 6.45) is 0.813. The Bertz CT molecular complexity index is 1270. The van der Waals surface area contributed by atoms with Crippen molar-refractivity contribution in [3.05, 3.63) is 89.7 Å². The van der Waals surface area contributed by atoms with E-state index in [1.165, 1.54) is 22.2 Å². The summed E-state index contributed by atoms with van der Waals surface area (Å²) in [7, 11) is 0. The maximum atomic E-state index is 14.0. The van der Waals surface area contributed by atoms with Crippen molar-refractivity contribution in [2.24, 2.45) is 0 Å². The molecule has 1 N–H and O–H groups in total. The van der Waals surface area contributed by atoms with E-state index in [1.807, 2.05) is 24.3 Å². The predicted octanol–water partition coefficient (Wildman–Crippen LogP) is 5.05. The highest BCUT2D eigenvalue weighted by atomic mass is 32.1. The van der Waals surface area contributed by atoms with Gasteiger partial charge < -0.3 is 10.2 Å². The van der Waals surface area contributed by atoms with Gasteiger partial charge in [-0.2, -0.15) is 4.37 Å². The fraction of sp³-hybridized carbons (Fsp3) is 0.231. The molecule has 1 amide bonds. The van der Waals surface area contributed by atoms with Gasteiger partial charge >= 0.3 is 0 Å². The molecule has 0 unspecified atom stereocenters. The average Bonchev–Trinajstić information content (AvgIpc) is 3.28. The van der Waals surface area contributed by atoms with Gasteiger partial charge in [-0.1, -0.05) is 42.5 Å². The van der Waals surface area contributed by atoms with Crippen LogP contribution >= 0.6 is 11.5 Å². The van der Waals surface area contributed by atoms with Crippen molar-refractivity contribution in [2.75, 3.05) is 42.9 Å². The number of para-hydroxylation sites is 1. The minimum Gasteiger partial charge on any atom is -0.353 e. The van der Waals surface area contributed by atoms with Crippen molar-refractivity contribution in [1.29, 1.82) is 0 Å². The third-order valence-electron chi connectivity index (χ3n) is 6.11. The number of nitrogens with zero attached hydrogens (tertiary/aromatic N) is 3. The molecule has 2 heterocycles. The fourth-order valence-electron chi connectivity index (χ4n) is 4.26. The summed E-state index contributed by atoms with van der Waals surface area (Å²) in [5.41, 5.74) is 1.84. The third kappa shape index (κ3) is 4.74. The minimum absolute atomic E-state index is 0.0537. The topological polar surface area (TPSA) is 48.5 Å². The van der Waals surface area contributed by atoms with Crippen molar-refractivity contribution in [2.45, 2.75) is 6.42 Å². The van der Waals surface area contributed by atoms with Gasteiger partial charge in [-0.15, -0.1) is 0 Å². The van der Waals surface area contributed by atoms with E-state index >= 15 is 0 Å². The van der Waals surface area contributed by atoms with Crippen molar-refractivity contribution < 1.29 is 9.18 Å². The third-order valence-corrected chi connectivity index (χ3v) is 6.93. The van der Waals surface area contributed by atoms with Gasteiger partial charge in [-0.05, 0) is 53.8 Å². The summed E-state index contributed by atoms with van der Waals surface area (Å²) in [6, 6.07) is 22.2. The maximum absolute atomic E-state index is 14.0. The lowest BCUT2D eigenvalue weighted by atomic mass is 10.1. The van der Waals surface area contributed by atoms with Crippen LogP contribution in [0.2, 0.25) is 0 Å². The Labute approximate surface area is 196 Å². The molecule has 5 nitrogen and oxygen atoms in total. The summed E-state index contributed by atoms with van der Waals surface area (Å²) < 4.78 is 19.9. The van der Waals surface area contributed by atoms with Crippen LogP contribution in [0, 0.1) is 5.82 Å². The maximum Gasteiger partial charge on any atom is 0.258 e. The first-order valence-electron chi connectivity index (χ1n) is 11.1. The van der Waals surface area contributed by atoms with E-state index < -0.39 is 11.7 Å². The molecular formula is C26H25FN4OS. The molecule has 3 aromatic carbocycles. The second-order valence-corrected chi connectivity index (χ2v) is 8.98. The molecule has 1 aliphatic heterocycles. The summed E-state index contributed by atoms with van der Waals surface area (Å²) >= 11 is 1.56. The van der Waals surface area contributed by atoms with Gasteiger partial charge in [0, 0.05) is 43.8 Å². The number of fused-ring (bicyclic) bond motifs is 1. The van der Waals surface area contributed by atoms with Crippen LogP contribution in [0.25, 0.3) is 10.1 Å². The quantitative estimate of drug-likeness (QED) is 0.437. The van der Waals surface area contributed by atoms with E-state index in [-0.39, 0.29) is 5.56 Å². The molecule has 5 rings (SSSR count). The van der Waals surface area contributed by atoms with Crippen molar-refractivity contribution >= 4 is 39.0 Å². The molecule has 168 valence electrons. The number of hydrogen-bond donors (Lipinski definition) is 1. The standard InChI is InChI=1S/C26H25FN4OS/c27-22-10-4-2-8-20(22)26(32)28-23-11-5-1-7-19(23)13-14-30-15-17-31(18-16-30)25-21-9-3-6-12-24(21)33-29-25/h1-12H,13-18H2,(H,28,32). The number of nitrogens with one attached hydrogen (secondary N) is 1. The Kier molecular flexibility index (Phi) is 6.32. The second-order valence-electron chi connectivity index (χ2n) is 8.17. The van der Waals surface area contributed by atoms with E-state index in [0.717, 1.165) is 56.2 Å². The Hall–Kier alpha value is -3.29. The zero-order chi connectivity index (χ0) is 22.6. The Balaban J connectivity index is 1.19. The van der Waals surface area contributed by atoms with Crippen LogP contribution in [0.1, 0.15) is 15.9 Å². The highest BCUT2D eigenvalue weighted by Gasteiger charge is 2.21. The molecule has 1 aromatic heterocycles.